The summed E-state index contributed by atoms with van der Waals surface area (Å²) in [5, 5.41) is 8.82. The van der Waals surface area contributed by atoms with Gasteiger partial charge in [-0.2, -0.15) is 5.26 Å². The van der Waals surface area contributed by atoms with Crippen molar-refractivity contribution in [3.63, 3.8) is 0 Å². The first kappa shape index (κ1) is 15.0. The third kappa shape index (κ3) is 8.28. The summed E-state index contributed by atoms with van der Waals surface area (Å²) in [6.45, 7) is 4.20. The van der Waals surface area contributed by atoms with Crippen molar-refractivity contribution in [2.24, 2.45) is 0 Å². The molecule has 0 radical (unpaired) electrons. The standard InChI is InChI=1S/C13H23NO2/c1-3-5-7-9-12(11-14)16-13(15)10-8-6-4-2/h12H,3-10H2,1-2H3. The lowest BCUT2D eigenvalue weighted by Crippen LogP contribution is -2.16. The van der Waals surface area contributed by atoms with Gasteiger partial charge in [0, 0.05) is 6.42 Å². The van der Waals surface area contributed by atoms with E-state index >= 15 is 0 Å². The quantitative estimate of drug-likeness (QED) is 0.445. The topological polar surface area (TPSA) is 50.1 Å². The van der Waals surface area contributed by atoms with Crippen LogP contribution in [0.15, 0.2) is 0 Å². The van der Waals surface area contributed by atoms with E-state index in [1.807, 2.05) is 6.07 Å². The molecule has 0 saturated heterocycles. The molecule has 0 aromatic rings. The lowest BCUT2D eigenvalue weighted by atomic mass is 10.1. The van der Waals surface area contributed by atoms with Crippen molar-refractivity contribution >= 4 is 5.97 Å². The summed E-state index contributed by atoms with van der Waals surface area (Å²) in [6.07, 6.45) is 6.73. The van der Waals surface area contributed by atoms with Gasteiger partial charge < -0.3 is 4.74 Å². The Bertz CT molecular complexity index is 220. The van der Waals surface area contributed by atoms with Crippen molar-refractivity contribution in [1.29, 1.82) is 5.26 Å². The van der Waals surface area contributed by atoms with Gasteiger partial charge in [0.25, 0.3) is 0 Å². The molecule has 0 heterocycles. The molecule has 16 heavy (non-hydrogen) atoms. The lowest BCUT2D eigenvalue weighted by molar-refractivity contribution is -0.147. The maximum Gasteiger partial charge on any atom is 0.307 e. The maximum atomic E-state index is 11.3. The van der Waals surface area contributed by atoms with Crippen LogP contribution in [0.4, 0.5) is 0 Å². The van der Waals surface area contributed by atoms with Crippen molar-refractivity contribution in [1.82, 2.24) is 0 Å². The molecule has 0 fully saturated rings. The monoisotopic (exact) mass is 225 g/mol. The van der Waals surface area contributed by atoms with Gasteiger partial charge in [-0.3, -0.25) is 4.79 Å². The first-order valence-electron chi connectivity index (χ1n) is 6.33. The number of ether oxygens (including phenoxy) is 1. The summed E-state index contributed by atoms with van der Waals surface area (Å²) >= 11 is 0. The summed E-state index contributed by atoms with van der Waals surface area (Å²) in [7, 11) is 0. The van der Waals surface area contributed by atoms with Gasteiger partial charge in [0.1, 0.15) is 6.07 Å². The van der Waals surface area contributed by atoms with Gasteiger partial charge in [0.15, 0.2) is 6.10 Å². The predicted octanol–water partition coefficient (Wildman–Crippen LogP) is 3.58. The van der Waals surface area contributed by atoms with E-state index in [1.165, 1.54) is 0 Å². The average Bonchev–Trinajstić information content (AvgIpc) is 2.28. The highest BCUT2D eigenvalue weighted by Gasteiger charge is 2.12. The van der Waals surface area contributed by atoms with Crippen LogP contribution in [0.2, 0.25) is 0 Å². The third-order valence-electron chi connectivity index (χ3n) is 2.47. The summed E-state index contributed by atoms with van der Waals surface area (Å²) in [5.41, 5.74) is 0. The van der Waals surface area contributed by atoms with Crippen LogP contribution in [-0.2, 0) is 9.53 Å². The Morgan fingerprint density at radius 1 is 1.19 bits per heavy atom. The van der Waals surface area contributed by atoms with Crippen molar-refractivity contribution in [2.75, 3.05) is 0 Å². The minimum Gasteiger partial charge on any atom is -0.447 e. The number of carbonyl (C=O) groups is 1. The van der Waals surface area contributed by atoms with E-state index in [0.29, 0.717) is 12.8 Å². The molecule has 92 valence electrons. The molecule has 0 saturated carbocycles. The molecule has 0 aromatic carbocycles. The smallest absolute Gasteiger partial charge is 0.307 e. The molecule has 1 unspecified atom stereocenters. The van der Waals surface area contributed by atoms with Crippen LogP contribution in [0.3, 0.4) is 0 Å². The van der Waals surface area contributed by atoms with E-state index in [9.17, 15) is 4.79 Å². The molecule has 0 spiro atoms. The fourth-order valence-electron chi connectivity index (χ4n) is 1.47. The Labute approximate surface area is 98.8 Å². The summed E-state index contributed by atoms with van der Waals surface area (Å²) in [5.74, 6) is -0.225. The highest BCUT2D eigenvalue weighted by atomic mass is 16.5. The lowest BCUT2D eigenvalue weighted by Gasteiger charge is -2.10. The summed E-state index contributed by atoms with van der Waals surface area (Å²) < 4.78 is 5.09. The molecular formula is C13H23NO2. The highest BCUT2D eigenvalue weighted by Crippen LogP contribution is 2.08. The number of esters is 1. The van der Waals surface area contributed by atoms with Gasteiger partial charge in [-0.15, -0.1) is 0 Å². The number of nitrogens with zero attached hydrogens (tertiary/aromatic N) is 1. The third-order valence-corrected chi connectivity index (χ3v) is 2.47. The number of rotatable bonds is 9. The van der Waals surface area contributed by atoms with Gasteiger partial charge in [0.05, 0.1) is 0 Å². The largest absolute Gasteiger partial charge is 0.447 e. The van der Waals surface area contributed by atoms with E-state index in [4.69, 9.17) is 10.00 Å². The number of hydrogen-bond acceptors (Lipinski definition) is 3. The van der Waals surface area contributed by atoms with Crippen LogP contribution in [0, 0.1) is 11.3 Å². The normalized spacial score (nSPS) is 11.8. The van der Waals surface area contributed by atoms with E-state index in [1.54, 1.807) is 0 Å². The zero-order chi connectivity index (χ0) is 12.2. The van der Waals surface area contributed by atoms with Crippen LogP contribution in [0.5, 0.6) is 0 Å². The van der Waals surface area contributed by atoms with Crippen molar-refractivity contribution in [2.45, 2.75) is 71.3 Å². The number of nitriles is 1. The molecule has 0 N–H and O–H groups in total. The van der Waals surface area contributed by atoms with Crippen molar-refractivity contribution in [3.8, 4) is 6.07 Å². The number of hydrogen-bond donors (Lipinski definition) is 0. The SMILES string of the molecule is CCCCCC(=O)OC(C#N)CCCCC. The van der Waals surface area contributed by atoms with E-state index in [-0.39, 0.29) is 5.97 Å². The minimum absolute atomic E-state index is 0.225. The number of unbranched alkanes of at least 4 members (excludes halogenated alkanes) is 4. The Morgan fingerprint density at radius 2 is 1.81 bits per heavy atom. The molecule has 0 aromatic heterocycles. The predicted molar refractivity (Wildman–Crippen MR) is 63.8 cm³/mol. The second-order valence-corrected chi connectivity index (χ2v) is 4.06. The molecule has 0 amide bonds. The molecular weight excluding hydrogens is 202 g/mol. The van der Waals surface area contributed by atoms with Crippen LogP contribution in [0.1, 0.15) is 65.2 Å². The molecule has 3 heteroatoms. The fourth-order valence-corrected chi connectivity index (χ4v) is 1.47. The van der Waals surface area contributed by atoms with Crippen molar-refractivity contribution in [3.05, 3.63) is 0 Å². The second-order valence-electron chi connectivity index (χ2n) is 4.06. The van der Waals surface area contributed by atoms with Crippen LogP contribution < -0.4 is 0 Å². The molecule has 0 bridgehead atoms. The number of carbonyl (C=O) groups excluding carboxylic acids is 1. The van der Waals surface area contributed by atoms with Gasteiger partial charge >= 0.3 is 5.97 Å². The van der Waals surface area contributed by atoms with Crippen LogP contribution >= 0.6 is 0 Å². The second kappa shape index (κ2) is 10.5. The van der Waals surface area contributed by atoms with Gasteiger partial charge in [0.2, 0.25) is 0 Å². The van der Waals surface area contributed by atoms with Gasteiger partial charge in [-0.25, -0.2) is 0 Å². The fraction of sp³-hybridized carbons (Fsp3) is 0.846. The Morgan fingerprint density at radius 3 is 2.38 bits per heavy atom. The Hall–Kier alpha value is -1.04. The van der Waals surface area contributed by atoms with Crippen LogP contribution in [-0.4, -0.2) is 12.1 Å². The molecule has 0 aliphatic rings. The molecule has 0 aliphatic heterocycles. The van der Waals surface area contributed by atoms with E-state index in [0.717, 1.165) is 38.5 Å². The zero-order valence-electron chi connectivity index (χ0n) is 10.5. The minimum atomic E-state index is -0.541. The van der Waals surface area contributed by atoms with E-state index in [2.05, 4.69) is 13.8 Å². The van der Waals surface area contributed by atoms with E-state index < -0.39 is 6.10 Å². The first-order chi connectivity index (χ1) is 7.74. The Kier molecular flexibility index (Phi) is 9.80. The molecule has 1 atom stereocenters. The van der Waals surface area contributed by atoms with Crippen molar-refractivity contribution < 1.29 is 9.53 Å². The van der Waals surface area contributed by atoms with Crippen LogP contribution in [0.25, 0.3) is 0 Å². The molecule has 0 aliphatic carbocycles. The summed E-state index contributed by atoms with van der Waals surface area (Å²) in [6, 6.07) is 2.04. The highest BCUT2D eigenvalue weighted by molar-refractivity contribution is 5.69. The summed E-state index contributed by atoms with van der Waals surface area (Å²) in [4.78, 5) is 11.3. The first-order valence-corrected chi connectivity index (χ1v) is 6.33. The van der Waals surface area contributed by atoms with Gasteiger partial charge in [-0.05, 0) is 19.3 Å². The maximum absolute atomic E-state index is 11.3. The Balaban J connectivity index is 3.67. The molecule has 3 nitrogen and oxygen atoms in total. The average molecular weight is 225 g/mol. The molecule has 0 rings (SSSR count). The van der Waals surface area contributed by atoms with Gasteiger partial charge in [-0.1, -0.05) is 39.5 Å². The zero-order valence-corrected chi connectivity index (χ0v) is 10.5.